The molecule has 8 nitrogen and oxygen atoms in total. The lowest BCUT2D eigenvalue weighted by atomic mass is 10.0. The Hall–Kier alpha value is -1.84. The molecule has 9 heteroatoms. The van der Waals surface area contributed by atoms with Crippen LogP contribution in [0, 0.1) is 0 Å². The number of hydrogen-bond acceptors (Lipinski definition) is 8. The van der Waals surface area contributed by atoms with Crippen molar-refractivity contribution in [2.45, 2.75) is 31.9 Å². The Labute approximate surface area is 137 Å². The third-order valence-electron chi connectivity index (χ3n) is 3.68. The first-order valence-electron chi connectivity index (χ1n) is 7.51. The first kappa shape index (κ1) is 16.0. The number of nitrogens with one attached hydrogen (secondary N) is 1. The van der Waals surface area contributed by atoms with Crippen molar-refractivity contribution in [2.75, 3.05) is 25.5 Å². The standard InChI is InChI=1S/C14H19N5O3S/c1-21-9-11-16-13(22-18-11)10-4-2-3-6-19(10)8-12(20)17-14-15-5-7-23-14/h5,7,10H,2-4,6,8-9H2,1H3,(H,15,17,20)/t10-/m1/s1. The van der Waals surface area contributed by atoms with E-state index in [1.54, 1.807) is 13.3 Å². The molecule has 1 aliphatic rings. The summed E-state index contributed by atoms with van der Waals surface area (Å²) >= 11 is 1.40. The van der Waals surface area contributed by atoms with Crippen molar-refractivity contribution in [1.82, 2.24) is 20.0 Å². The van der Waals surface area contributed by atoms with Gasteiger partial charge in [0.2, 0.25) is 11.8 Å². The second kappa shape index (κ2) is 7.62. The molecule has 3 rings (SSSR count). The summed E-state index contributed by atoms with van der Waals surface area (Å²) in [5.74, 6) is 1.00. The van der Waals surface area contributed by atoms with Crippen LogP contribution in [0.5, 0.6) is 0 Å². The predicted molar refractivity (Wildman–Crippen MR) is 83.9 cm³/mol. The van der Waals surface area contributed by atoms with Gasteiger partial charge < -0.3 is 14.6 Å². The number of thiazole rings is 1. The first-order chi connectivity index (χ1) is 11.3. The summed E-state index contributed by atoms with van der Waals surface area (Å²) in [6.45, 7) is 1.44. The number of carbonyl (C=O) groups excluding carboxylic acids is 1. The van der Waals surface area contributed by atoms with E-state index in [0.29, 0.717) is 23.5 Å². The van der Waals surface area contributed by atoms with Gasteiger partial charge in [-0.25, -0.2) is 4.98 Å². The van der Waals surface area contributed by atoms with E-state index in [9.17, 15) is 4.79 Å². The van der Waals surface area contributed by atoms with Gasteiger partial charge in [-0.05, 0) is 19.4 Å². The summed E-state index contributed by atoms with van der Waals surface area (Å²) in [5, 5.41) is 9.16. The summed E-state index contributed by atoms with van der Waals surface area (Å²) in [5.41, 5.74) is 0. The highest BCUT2D eigenvalue weighted by atomic mass is 32.1. The molecular formula is C14H19N5O3S. The lowest BCUT2D eigenvalue weighted by Gasteiger charge is -2.32. The zero-order valence-electron chi connectivity index (χ0n) is 12.9. The third-order valence-corrected chi connectivity index (χ3v) is 4.37. The van der Waals surface area contributed by atoms with E-state index >= 15 is 0 Å². The van der Waals surface area contributed by atoms with Gasteiger partial charge in [0.1, 0.15) is 6.61 Å². The summed E-state index contributed by atoms with van der Waals surface area (Å²) < 4.78 is 10.4. The largest absolute Gasteiger partial charge is 0.377 e. The zero-order valence-corrected chi connectivity index (χ0v) is 13.7. The third kappa shape index (κ3) is 4.12. The van der Waals surface area contributed by atoms with Crippen LogP contribution in [-0.2, 0) is 16.1 Å². The predicted octanol–water partition coefficient (Wildman–Crippen LogP) is 1.84. The molecule has 1 N–H and O–H groups in total. The highest BCUT2D eigenvalue weighted by Gasteiger charge is 2.30. The zero-order chi connectivity index (χ0) is 16.1. The van der Waals surface area contributed by atoms with Crippen LogP contribution in [0.3, 0.4) is 0 Å². The summed E-state index contributed by atoms with van der Waals surface area (Å²) in [4.78, 5) is 22.7. The van der Waals surface area contributed by atoms with Crippen LogP contribution in [0.4, 0.5) is 5.13 Å². The van der Waals surface area contributed by atoms with Crippen molar-refractivity contribution in [1.29, 1.82) is 0 Å². The maximum atomic E-state index is 12.2. The number of carbonyl (C=O) groups is 1. The fourth-order valence-corrected chi connectivity index (χ4v) is 3.22. The Kier molecular flexibility index (Phi) is 5.31. The molecule has 1 fully saturated rings. The molecule has 2 aromatic heterocycles. The molecule has 0 aliphatic carbocycles. The van der Waals surface area contributed by atoms with Gasteiger partial charge in [0, 0.05) is 18.7 Å². The van der Waals surface area contributed by atoms with Crippen LogP contribution in [0.25, 0.3) is 0 Å². The number of aromatic nitrogens is 3. The Morgan fingerprint density at radius 1 is 1.57 bits per heavy atom. The summed E-state index contributed by atoms with van der Waals surface area (Å²) in [7, 11) is 1.59. The van der Waals surface area contributed by atoms with Crippen molar-refractivity contribution in [3.63, 3.8) is 0 Å². The van der Waals surface area contributed by atoms with Crippen LogP contribution >= 0.6 is 11.3 Å². The summed E-state index contributed by atoms with van der Waals surface area (Å²) in [6.07, 6.45) is 4.70. The Morgan fingerprint density at radius 3 is 3.26 bits per heavy atom. The molecule has 0 saturated carbocycles. The van der Waals surface area contributed by atoms with Crippen molar-refractivity contribution in [3.05, 3.63) is 23.3 Å². The fourth-order valence-electron chi connectivity index (χ4n) is 2.68. The van der Waals surface area contributed by atoms with Crippen LogP contribution in [-0.4, -0.2) is 46.1 Å². The molecule has 2 aromatic rings. The molecule has 1 amide bonds. The van der Waals surface area contributed by atoms with Gasteiger partial charge in [0.15, 0.2) is 11.0 Å². The van der Waals surface area contributed by atoms with Crippen molar-refractivity contribution < 1.29 is 14.1 Å². The van der Waals surface area contributed by atoms with E-state index in [2.05, 4.69) is 25.3 Å². The van der Waals surface area contributed by atoms with E-state index in [0.717, 1.165) is 25.8 Å². The van der Waals surface area contributed by atoms with E-state index in [4.69, 9.17) is 9.26 Å². The van der Waals surface area contributed by atoms with Gasteiger partial charge in [-0.2, -0.15) is 4.98 Å². The molecule has 1 saturated heterocycles. The van der Waals surface area contributed by atoms with Gasteiger partial charge in [0.25, 0.3) is 0 Å². The minimum absolute atomic E-state index is 0.0242. The number of nitrogens with zero attached hydrogens (tertiary/aromatic N) is 4. The SMILES string of the molecule is COCc1noc([C@H]2CCCCN2CC(=O)Nc2nccs2)n1. The quantitative estimate of drug-likeness (QED) is 0.859. The molecule has 0 radical (unpaired) electrons. The van der Waals surface area contributed by atoms with Gasteiger partial charge in [-0.15, -0.1) is 11.3 Å². The second-order valence-corrected chi connectivity index (χ2v) is 6.24. The summed E-state index contributed by atoms with van der Waals surface area (Å²) in [6, 6.07) is -0.0242. The number of amides is 1. The lowest BCUT2D eigenvalue weighted by molar-refractivity contribution is -0.118. The Bertz CT molecular complexity index is 630. The first-order valence-corrected chi connectivity index (χ1v) is 8.39. The fraction of sp³-hybridized carbons (Fsp3) is 0.571. The van der Waals surface area contributed by atoms with Gasteiger partial charge in [0.05, 0.1) is 12.6 Å². The second-order valence-electron chi connectivity index (χ2n) is 5.35. The van der Waals surface area contributed by atoms with E-state index in [1.165, 1.54) is 11.3 Å². The van der Waals surface area contributed by atoms with E-state index in [1.807, 2.05) is 5.38 Å². The van der Waals surface area contributed by atoms with E-state index in [-0.39, 0.29) is 18.5 Å². The Morgan fingerprint density at radius 2 is 2.48 bits per heavy atom. The maximum absolute atomic E-state index is 12.2. The topological polar surface area (TPSA) is 93.4 Å². The molecule has 0 bridgehead atoms. The highest BCUT2D eigenvalue weighted by molar-refractivity contribution is 7.13. The molecule has 0 aromatic carbocycles. The van der Waals surface area contributed by atoms with Crippen molar-refractivity contribution >= 4 is 22.4 Å². The van der Waals surface area contributed by atoms with Crippen LogP contribution in [0.15, 0.2) is 16.1 Å². The molecule has 23 heavy (non-hydrogen) atoms. The number of ether oxygens (including phenoxy) is 1. The number of likely N-dealkylation sites (tertiary alicyclic amines) is 1. The lowest BCUT2D eigenvalue weighted by Crippen LogP contribution is -2.39. The molecular weight excluding hydrogens is 318 g/mol. The molecule has 1 atom stereocenters. The van der Waals surface area contributed by atoms with Gasteiger partial charge in [-0.3, -0.25) is 9.69 Å². The molecule has 3 heterocycles. The molecule has 124 valence electrons. The number of piperidine rings is 1. The van der Waals surface area contributed by atoms with Crippen LogP contribution < -0.4 is 5.32 Å². The highest BCUT2D eigenvalue weighted by Crippen LogP contribution is 2.29. The van der Waals surface area contributed by atoms with Crippen molar-refractivity contribution in [3.8, 4) is 0 Å². The number of rotatable bonds is 6. The monoisotopic (exact) mass is 337 g/mol. The van der Waals surface area contributed by atoms with Gasteiger partial charge in [-0.1, -0.05) is 11.6 Å². The average Bonchev–Trinajstić information content (AvgIpc) is 3.20. The minimum Gasteiger partial charge on any atom is -0.377 e. The molecule has 0 spiro atoms. The normalized spacial score (nSPS) is 18.9. The Balaban J connectivity index is 1.64. The molecule has 0 unspecified atom stereocenters. The minimum atomic E-state index is -0.0801. The average molecular weight is 337 g/mol. The van der Waals surface area contributed by atoms with Crippen LogP contribution in [0.2, 0.25) is 0 Å². The number of anilines is 1. The number of hydrogen-bond donors (Lipinski definition) is 1. The van der Waals surface area contributed by atoms with Crippen molar-refractivity contribution in [2.24, 2.45) is 0 Å². The maximum Gasteiger partial charge on any atom is 0.244 e. The smallest absolute Gasteiger partial charge is 0.244 e. The van der Waals surface area contributed by atoms with Gasteiger partial charge >= 0.3 is 0 Å². The van der Waals surface area contributed by atoms with E-state index < -0.39 is 0 Å². The molecule has 1 aliphatic heterocycles. The van der Waals surface area contributed by atoms with Crippen LogP contribution in [0.1, 0.15) is 37.0 Å². The number of methoxy groups -OCH3 is 1.